The molecule has 1 amide bonds. The summed E-state index contributed by atoms with van der Waals surface area (Å²) < 4.78 is 14.0. The molecule has 1 aromatic heterocycles. The minimum absolute atomic E-state index is 0.0310. The fraction of sp³-hybridized carbons (Fsp3) is 0. The third-order valence-corrected chi connectivity index (χ3v) is 3.37. The number of halogens is 2. The maximum atomic E-state index is 13.5. The van der Waals surface area contributed by atoms with Crippen LogP contribution < -0.4 is 5.32 Å². The predicted molar refractivity (Wildman–Crippen MR) is 68.4 cm³/mol. The fourth-order valence-corrected chi connectivity index (χ4v) is 2.24. The Morgan fingerprint density at radius 1 is 1.39 bits per heavy atom. The molecule has 90 valence electrons. The van der Waals surface area contributed by atoms with E-state index in [0.29, 0.717) is 9.21 Å². The van der Waals surface area contributed by atoms with Crippen molar-refractivity contribution in [3.8, 4) is 6.07 Å². The highest BCUT2D eigenvalue weighted by Crippen LogP contribution is 2.23. The second-order valence-electron chi connectivity index (χ2n) is 3.36. The lowest BCUT2D eigenvalue weighted by Gasteiger charge is -2.04. The van der Waals surface area contributed by atoms with Gasteiger partial charge >= 0.3 is 0 Å². The average Bonchev–Trinajstić information content (AvgIpc) is 2.78. The molecule has 2 aromatic rings. The molecule has 3 nitrogen and oxygen atoms in total. The summed E-state index contributed by atoms with van der Waals surface area (Å²) in [6.45, 7) is 0. The molecule has 0 bridgehead atoms. The van der Waals surface area contributed by atoms with Gasteiger partial charge in [0.25, 0.3) is 5.91 Å². The van der Waals surface area contributed by atoms with Gasteiger partial charge < -0.3 is 5.32 Å². The second kappa shape index (κ2) is 5.17. The molecule has 1 aromatic carbocycles. The van der Waals surface area contributed by atoms with Crippen molar-refractivity contribution in [3.05, 3.63) is 50.9 Å². The standard InChI is InChI=1S/C12H6ClFN2OS/c13-11-4-3-10(18-11)12(17)16-9-2-1-7(6-15)5-8(9)14/h1-5H,(H,16,17). The molecular weight excluding hydrogens is 275 g/mol. The third-order valence-electron chi connectivity index (χ3n) is 2.14. The van der Waals surface area contributed by atoms with Crippen LogP contribution in [0.5, 0.6) is 0 Å². The Hall–Kier alpha value is -1.90. The van der Waals surface area contributed by atoms with Crippen LogP contribution in [0, 0.1) is 17.1 Å². The van der Waals surface area contributed by atoms with E-state index in [9.17, 15) is 9.18 Å². The summed E-state index contributed by atoms with van der Waals surface area (Å²) in [4.78, 5) is 12.1. The number of nitriles is 1. The van der Waals surface area contributed by atoms with E-state index in [0.717, 1.165) is 17.4 Å². The van der Waals surface area contributed by atoms with Crippen molar-refractivity contribution in [2.24, 2.45) is 0 Å². The number of hydrogen-bond acceptors (Lipinski definition) is 3. The van der Waals surface area contributed by atoms with Crippen molar-refractivity contribution in [3.63, 3.8) is 0 Å². The number of nitrogens with zero attached hydrogens (tertiary/aromatic N) is 1. The molecule has 0 saturated carbocycles. The maximum absolute atomic E-state index is 13.5. The van der Waals surface area contributed by atoms with Gasteiger partial charge in [0.15, 0.2) is 0 Å². The van der Waals surface area contributed by atoms with Crippen molar-refractivity contribution in [2.45, 2.75) is 0 Å². The fourth-order valence-electron chi connectivity index (χ4n) is 1.31. The molecule has 0 unspecified atom stereocenters. The van der Waals surface area contributed by atoms with Gasteiger partial charge in [-0.25, -0.2) is 4.39 Å². The molecule has 0 radical (unpaired) electrons. The van der Waals surface area contributed by atoms with Gasteiger partial charge in [0.05, 0.1) is 26.5 Å². The predicted octanol–water partition coefficient (Wildman–Crippen LogP) is 3.66. The Balaban J connectivity index is 2.20. The molecular formula is C12H6ClFN2OS. The third kappa shape index (κ3) is 2.67. The summed E-state index contributed by atoms with van der Waals surface area (Å²) in [7, 11) is 0. The minimum Gasteiger partial charge on any atom is -0.319 e. The zero-order valence-corrected chi connectivity index (χ0v) is 10.5. The lowest BCUT2D eigenvalue weighted by atomic mass is 10.2. The normalized spacial score (nSPS) is 9.83. The molecule has 0 saturated heterocycles. The topological polar surface area (TPSA) is 52.9 Å². The number of rotatable bonds is 2. The number of thiophene rings is 1. The van der Waals surface area contributed by atoms with E-state index in [1.165, 1.54) is 12.1 Å². The van der Waals surface area contributed by atoms with E-state index in [2.05, 4.69) is 5.32 Å². The Labute approximate surface area is 111 Å². The highest BCUT2D eigenvalue weighted by atomic mass is 35.5. The first-order valence-corrected chi connectivity index (χ1v) is 6.06. The Kier molecular flexibility index (Phi) is 3.60. The number of anilines is 1. The zero-order chi connectivity index (χ0) is 13.1. The highest BCUT2D eigenvalue weighted by Gasteiger charge is 2.11. The van der Waals surface area contributed by atoms with Crippen LogP contribution in [0.25, 0.3) is 0 Å². The van der Waals surface area contributed by atoms with Gasteiger partial charge in [-0.1, -0.05) is 11.6 Å². The van der Waals surface area contributed by atoms with Gasteiger partial charge in [0.2, 0.25) is 0 Å². The Morgan fingerprint density at radius 2 is 2.17 bits per heavy atom. The molecule has 2 rings (SSSR count). The largest absolute Gasteiger partial charge is 0.319 e. The zero-order valence-electron chi connectivity index (χ0n) is 8.91. The van der Waals surface area contributed by atoms with Gasteiger partial charge in [-0.2, -0.15) is 5.26 Å². The van der Waals surface area contributed by atoms with Crippen molar-refractivity contribution in [1.82, 2.24) is 0 Å². The molecule has 0 spiro atoms. The van der Waals surface area contributed by atoms with Gasteiger partial charge in [0, 0.05) is 0 Å². The van der Waals surface area contributed by atoms with E-state index in [4.69, 9.17) is 16.9 Å². The minimum atomic E-state index is -0.648. The second-order valence-corrected chi connectivity index (χ2v) is 5.08. The number of amides is 1. The van der Waals surface area contributed by atoms with Crippen molar-refractivity contribution in [2.75, 3.05) is 5.32 Å². The van der Waals surface area contributed by atoms with Crippen LogP contribution in [0.3, 0.4) is 0 Å². The summed E-state index contributed by atoms with van der Waals surface area (Å²) in [5, 5.41) is 11.0. The van der Waals surface area contributed by atoms with Crippen LogP contribution in [-0.4, -0.2) is 5.91 Å². The maximum Gasteiger partial charge on any atom is 0.265 e. The van der Waals surface area contributed by atoms with Crippen molar-refractivity contribution < 1.29 is 9.18 Å². The molecule has 0 aliphatic carbocycles. The summed E-state index contributed by atoms with van der Waals surface area (Å²) in [6.07, 6.45) is 0. The highest BCUT2D eigenvalue weighted by molar-refractivity contribution is 7.18. The number of benzene rings is 1. The van der Waals surface area contributed by atoms with Crippen molar-refractivity contribution >= 4 is 34.5 Å². The van der Waals surface area contributed by atoms with Gasteiger partial charge in [0.1, 0.15) is 5.82 Å². The molecule has 1 heterocycles. The smallest absolute Gasteiger partial charge is 0.265 e. The lowest BCUT2D eigenvalue weighted by molar-refractivity contribution is 0.103. The van der Waals surface area contributed by atoms with Crippen molar-refractivity contribution in [1.29, 1.82) is 5.26 Å². The van der Waals surface area contributed by atoms with Crippen LogP contribution in [0.2, 0.25) is 4.34 Å². The molecule has 6 heteroatoms. The molecule has 0 fully saturated rings. The van der Waals surface area contributed by atoms with Crippen LogP contribution in [0.4, 0.5) is 10.1 Å². The van der Waals surface area contributed by atoms with Crippen LogP contribution in [0.1, 0.15) is 15.2 Å². The molecule has 1 N–H and O–H groups in total. The first-order chi connectivity index (χ1) is 8.60. The number of nitrogens with one attached hydrogen (secondary N) is 1. The Morgan fingerprint density at radius 3 is 2.72 bits per heavy atom. The quantitative estimate of drug-likeness (QED) is 0.912. The number of carbonyl (C=O) groups is 1. The monoisotopic (exact) mass is 280 g/mol. The average molecular weight is 281 g/mol. The number of hydrogen-bond donors (Lipinski definition) is 1. The number of carbonyl (C=O) groups excluding carboxylic acids is 1. The van der Waals surface area contributed by atoms with Gasteiger partial charge in [-0.15, -0.1) is 11.3 Å². The molecule has 0 atom stereocenters. The first-order valence-electron chi connectivity index (χ1n) is 4.86. The lowest BCUT2D eigenvalue weighted by Crippen LogP contribution is -2.11. The Bertz CT molecular complexity index is 648. The van der Waals surface area contributed by atoms with Gasteiger partial charge in [-0.3, -0.25) is 4.79 Å². The SMILES string of the molecule is N#Cc1ccc(NC(=O)c2ccc(Cl)s2)c(F)c1. The summed E-state index contributed by atoms with van der Waals surface area (Å²) >= 11 is 6.81. The van der Waals surface area contributed by atoms with E-state index >= 15 is 0 Å². The van der Waals surface area contributed by atoms with E-state index in [1.807, 2.05) is 6.07 Å². The first kappa shape index (κ1) is 12.6. The van der Waals surface area contributed by atoms with Crippen LogP contribution in [0.15, 0.2) is 30.3 Å². The van der Waals surface area contributed by atoms with E-state index in [-0.39, 0.29) is 11.3 Å². The van der Waals surface area contributed by atoms with E-state index in [1.54, 1.807) is 12.1 Å². The van der Waals surface area contributed by atoms with Crippen LogP contribution in [-0.2, 0) is 0 Å². The van der Waals surface area contributed by atoms with Crippen LogP contribution >= 0.6 is 22.9 Å². The molecule has 18 heavy (non-hydrogen) atoms. The summed E-state index contributed by atoms with van der Waals surface area (Å²) in [5.41, 5.74) is 0.230. The summed E-state index contributed by atoms with van der Waals surface area (Å²) in [5.74, 6) is -1.08. The molecule has 0 aliphatic heterocycles. The molecule has 0 aliphatic rings. The van der Waals surface area contributed by atoms with Gasteiger partial charge in [-0.05, 0) is 30.3 Å². The van der Waals surface area contributed by atoms with E-state index < -0.39 is 11.7 Å². The summed E-state index contributed by atoms with van der Waals surface area (Å²) in [6, 6.07) is 8.81.